The number of rotatable bonds is 4. The highest BCUT2D eigenvalue weighted by Crippen LogP contribution is 2.01. The van der Waals surface area contributed by atoms with Crippen molar-refractivity contribution >= 4 is 6.09 Å². The summed E-state index contributed by atoms with van der Waals surface area (Å²) in [7, 11) is 1.37. The van der Waals surface area contributed by atoms with E-state index in [1.807, 2.05) is 18.2 Å². The van der Waals surface area contributed by atoms with Crippen LogP contribution < -0.4 is 5.32 Å². The number of benzene rings is 1. The molecule has 0 bridgehead atoms. The summed E-state index contributed by atoms with van der Waals surface area (Å²) in [6, 6.07) is 10.2. The zero-order valence-electron chi connectivity index (χ0n) is 8.32. The van der Waals surface area contributed by atoms with E-state index in [0.29, 0.717) is 6.54 Å². The fourth-order valence-electron chi connectivity index (χ4n) is 1.20. The largest absolute Gasteiger partial charge is 0.453 e. The lowest BCUT2D eigenvalue weighted by atomic mass is 10.1. The van der Waals surface area contributed by atoms with E-state index in [0.717, 1.165) is 12.8 Å². The maximum Gasteiger partial charge on any atom is 0.406 e. The van der Waals surface area contributed by atoms with Crippen LogP contribution in [0.4, 0.5) is 4.79 Å². The fourth-order valence-corrected chi connectivity index (χ4v) is 1.20. The molecule has 0 spiro atoms. The van der Waals surface area contributed by atoms with Crippen LogP contribution in [-0.2, 0) is 11.2 Å². The van der Waals surface area contributed by atoms with E-state index in [-0.39, 0.29) is 7.52 Å². The Morgan fingerprint density at radius 2 is 2.14 bits per heavy atom. The molecule has 1 aromatic carbocycles. The van der Waals surface area contributed by atoms with Gasteiger partial charge in [0, 0.05) is 7.97 Å². The van der Waals surface area contributed by atoms with Gasteiger partial charge in [0.2, 0.25) is 0 Å². The minimum Gasteiger partial charge on any atom is -0.453 e. The van der Waals surface area contributed by atoms with Gasteiger partial charge in [-0.2, -0.15) is 0 Å². The molecule has 1 amide bonds. The summed E-state index contributed by atoms with van der Waals surface area (Å²) in [5, 5.41) is 2.64. The highest BCUT2D eigenvalue weighted by molar-refractivity contribution is 5.66. The molecule has 0 saturated heterocycles. The van der Waals surface area contributed by atoms with E-state index in [4.69, 9.17) is 0 Å². The van der Waals surface area contributed by atoms with Gasteiger partial charge >= 0.3 is 6.09 Å². The number of nitrogens with one attached hydrogen (secondary N) is 1. The molecule has 1 aromatic rings. The Balaban J connectivity index is 0.00000196. The van der Waals surface area contributed by atoms with Crippen LogP contribution in [0.2, 0.25) is 0 Å². The van der Waals surface area contributed by atoms with E-state index in [2.05, 4.69) is 22.2 Å². The summed E-state index contributed by atoms with van der Waals surface area (Å²) < 4.78 is 4.45. The number of aryl methyl sites for hydroxylation is 1. The van der Waals surface area contributed by atoms with Crippen molar-refractivity contribution in [1.29, 1.82) is 0 Å². The molecule has 0 saturated carbocycles. The minimum absolute atomic E-state index is 0. The number of alkyl carbamates (subject to hydrolysis) is 1. The Bertz CT molecular complexity index is 277. The lowest BCUT2D eigenvalue weighted by molar-refractivity contribution is 0.171. The Hall–Kier alpha value is -1.51. The van der Waals surface area contributed by atoms with Crippen LogP contribution >= 0.6 is 0 Å². The quantitative estimate of drug-likeness (QED) is 0.748. The van der Waals surface area contributed by atoms with Crippen LogP contribution in [0.5, 0.6) is 0 Å². The standard InChI is InChI=1S/C11H15NO2.H2/c1-14-11(13)12-9-5-8-10-6-3-2-4-7-10;/h2-4,6-7H,5,8-9H2,1H3,(H,12,13);1H. The van der Waals surface area contributed by atoms with Crippen molar-refractivity contribution in [3.8, 4) is 0 Å². The average molecular weight is 195 g/mol. The van der Waals surface area contributed by atoms with Crippen molar-refractivity contribution in [2.45, 2.75) is 12.8 Å². The summed E-state index contributed by atoms with van der Waals surface area (Å²) in [6.45, 7) is 0.654. The molecule has 1 rings (SSSR count). The minimum atomic E-state index is -0.363. The molecular formula is C11H17NO2. The molecule has 3 nitrogen and oxygen atoms in total. The molecule has 0 radical (unpaired) electrons. The van der Waals surface area contributed by atoms with Gasteiger partial charge in [-0.1, -0.05) is 30.3 Å². The number of hydrogen-bond acceptors (Lipinski definition) is 2. The third-order valence-electron chi connectivity index (χ3n) is 1.94. The second kappa shape index (κ2) is 6.02. The second-order valence-electron chi connectivity index (χ2n) is 3.01. The first kappa shape index (κ1) is 10.6. The van der Waals surface area contributed by atoms with Crippen LogP contribution in [0.15, 0.2) is 30.3 Å². The van der Waals surface area contributed by atoms with Crippen molar-refractivity contribution in [3.63, 3.8) is 0 Å². The molecule has 0 fully saturated rings. The molecule has 0 aliphatic carbocycles. The number of methoxy groups -OCH3 is 1. The first-order valence-corrected chi connectivity index (χ1v) is 4.68. The predicted octanol–water partition coefficient (Wildman–Crippen LogP) is 2.22. The molecule has 1 N–H and O–H groups in total. The van der Waals surface area contributed by atoms with Crippen LogP contribution in [0.3, 0.4) is 0 Å². The molecule has 78 valence electrons. The van der Waals surface area contributed by atoms with E-state index >= 15 is 0 Å². The highest BCUT2D eigenvalue weighted by atomic mass is 16.5. The van der Waals surface area contributed by atoms with E-state index in [9.17, 15) is 4.79 Å². The Morgan fingerprint density at radius 3 is 2.79 bits per heavy atom. The van der Waals surface area contributed by atoms with Crippen LogP contribution in [0.25, 0.3) is 0 Å². The first-order chi connectivity index (χ1) is 6.83. The third kappa shape index (κ3) is 3.94. The highest BCUT2D eigenvalue weighted by Gasteiger charge is 1.96. The Morgan fingerprint density at radius 1 is 1.43 bits per heavy atom. The SMILES string of the molecule is COC(=O)NCCCc1ccccc1.[HH]. The summed E-state index contributed by atoms with van der Waals surface area (Å²) in [5.74, 6) is 0. The van der Waals surface area contributed by atoms with Gasteiger partial charge in [-0.05, 0) is 18.4 Å². The van der Waals surface area contributed by atoms with Crippen molar-refractivity contribution in [2.24, 2.45) is 0 Å². The van der Waals surface area contributed by atoms with Gasteiger partial charge in [0.1, 0.15) is 0 Å². The lowest BCUT2D eigenvalue weighted by Crippen LogP contribution is -2.24. The predicted molar refractivity (Wildman–Crippen MR) is 57.3 cm³/mol. The maximum atomic E-state index is 10.7. The number of amides is 1. The summed E-state index contributed by atoms with van der Waals surface area (Å²) in [6.07, 6.45) is 1.54. The van der Waals surface area contributed by atoms with Gasteiger partial charge < -0.3 is 10.1 Å². The molecule has 0 atom stereocenters. The topological polar surface area (TPSA) is 38.3 Å². The Kier molecular flexibility index (Phi) is 4.55. The second-order valence-corrected chi connectivity index (χ2v) is 3.01. The van der Waals surface area contributed by atoms with Gasteiger partial charge in [0.05, 0.1) is 7.11 Å². The molecule has 14 heavy (non-hydrogen) atoms. The first-order valence-electron chi connectivity index (χ1n) is 4.68. The third-order valence-corrected chi connectivity index (χ3v) is 1.94. The van der Waals surface area contributed by atoms with Crippen LogP contribution in [0.1, 0.15) is 13.4 Å². The molecule has 0 heterocycles. The summed E-state index contributed by atoms with van der Waals surface area (Å²) in [4.78, 5) is 10.7. The summed E-state index contributed by atoms with van der Waals surface area (Å²) >= 11 is 0. The normalized spacial score (nSPS) is 9.50. The van der Waals surface area contributed by atoms with Crippen molar-refractivity contribution in [3.05, 3.63) is 35.9 Å². The van der Waals surface area contributed by atoms with Crippen molar-refractivity contribution < 1.29 is 11.0 Å². The smallest absolute Gasteiger partial charge is 0.406 e. The monoisotopic (exact) mass is 195 g/mol. The molecule has 0 aliphatic heterocycles. The van der Waals surface area contributed by atoms with Crippen molar-refractivity contribution in [2.75, 3.05) is 13.7 Å². The molecular weight excluding hydrogens is 178 g/mol. The molecule has 3 heteroatoms. The molecule has 0 unspecified atom stereocenters. The number of ether oxygens (including phenoxy) is 1. The lowest BCUT2D eigenvalue weighted by Gasteiger charge is -2.03. The van der Waals surface area contributed by atoms with Gasteiger partial charge in [-0.25, -0.2) is 4.79 Å². The van der Waals surface area contributed by atoms with Crippen LogP contribution in [-0.4, -0.2) is 19.7 Å². The van der Waals surface area contributed by atoms with Gasteiger partial charge in [-0.15, -0.1) is 0 Å². The number of carbonyl (C=O) groups excluding carboxylic acids is 1. The van der Waals surface area contributed by atoms with Gasteiger partial charge in [0.25, 0.3) is 0 Å². The molecule has 0 aliphatic rings. The van der Waals surface area contributed by atoms with E-state index in [1.54, 1.807) is 0 Å². The van der Waals surface area contributed by atoms with Gasteiger partial charge in [-0.3, -0.25) is 0 Å². The van der Waals surface area contributed by atoms with Crippen LogP contribution in [0, 0.1) is 0 Å². The fraction of sp³-hybridized carbons (Fsp3) is 0.364. The van der Waals surface area contributed by atoms with Gasteiger partial charge in [0.15, 0.2) is 0 Å². The number of hydrogen-bond donors (Lipinski definition) is 1. The van der Waals surface area contributed by atoms with E-state index < -0.39 is 0 Å². The zero-order chi connectivity index (χ0) is 10.2. The van der Waals surface area contributed by atoms with E-state index in [1.165, 1.54) is 12.7 Å². The molecule has 0 aromatic heterocycles. The number of carbonyl (C=O) groups is 1. The zero-order valence-corrected chi connectivity index (χ0v) is 8.32. The average Bonchev–Trinajstić information content (AvgIpc) is 2.25. The maximum absolute atomic E-state index is 10.7. The summed E-state index contributed by atoms with van der Waals surface area (Å²) in [5.41, 5.74) is 1.29. The Labute approximate surface area is 85.6 Å². The van der Waals surface area contributed by atoms with Crippen molar-refractivity contribution in [1.82, 2.24) is 5.32 Å².